The molecule has 1 aromatic heterocycles. The van der Waals surface area contributed by atoms with Gasteiger partial charge in [-0.3, -0.25) is 14.7 Å². The number of primary amides is 1. The smallest absolute Gasteiger partial charge is 0.231 e. The van der Waals surface area contributed by atoms with E-state index in [1.165, 1.54) is 0 Å². The van der Waals surface area contributed by atoms with E-state index >= 15 is 0 Å². The van der Waals surface area contributed by atoms with E-state index in [4.69, 9.17) is 15.5 Å². The minimum atomic E-state index is -0.268. The average Bonchev–Trinajstić information content (AvgIpc) is 2.62. The molecule has 0 bridgehead atoms. The van der Waals surface area contributed by atoms with Gasteiger partial charge >= 0.3 is 0 Å². The summed E-state index contributed by atoms with van der Waals surface area (Å²) in [5.74, 6) is 0.913. The molecule has 3 rings (SSSR count). The molecule has 1 atom stereocenters. The van der Waals surface area contributed by atoms with Gasteiger partial charge < -0.3 is 10.5 Å². The van der Waals surface area contributed by atoms with Crippen molar-refractivity contribution >= 4 is 5.91 Å². The van der Waals surface area contributed by atoms with Gasteiger partial charge in [-0.1, -0.05) is 6.07 Å². The average molecular weight is 325 g/mol. The van der Waals surface area contributed by atoms with Gasteiger partial charge in [0, 0.05) is 23.7 Å². The number of piperidine rings is 1. The molecule has 2 aromatic rings. The molecular weight excluding hydrogens is 302 g/mol. The van der Waals surface area contributed by atoms with Crippen LogP contribution in [0.15, 0.2) is 42.5 Å². The van der Waals surface area contributed by atoms with E-state index in [1.807, 2.05) is 30.3 Å². The number of likely N-dealkylation sites (tertiary alicyclic amines) is 1. The van der Waals surface area contributed by atoms with Gasteiger partial charge in [-0.25, -0.2) is 0 Å². The fourth-order valence-corrected chi connectivity index (χ4v) is 3.26. The number of ether oxygens (including phenoxy) is 1. The zero-order valence-electron chi connectivity index (χ0n) is 13.9. The quantitative estimate of drug-likeness (QED) is 0.917. The summed E-state index contributed by atoms with van der Waals surface area (Å²) in [5, 5.41) is 0. The SMILES string of the molecule is COc1ccc(-c2cccc([C@H]3CCCN(CC(N)=O)C3)n2)cc1. The Hall–Kier alpha value is -2.40. The molecule has 126 valence electrons. The van der Waals surface area contributed by atoms with Crippen LogP contribution in [0.3, 0.4) is 0 Å². The zero-order chi connectivity index (χ0) is 16.9. The van der Waals surface area contributed by atoms with Crippen LogP contribution < -0.4 is 10.5 Å². The van der Waals surface area contributed by atoms with Crippen LogP contribution in [0.5, 0.6) is 5.75 Å². The lowest BCUT2D eigenvalue weighted by Gasteiger charge is -2.31. The second-order valence-corrected chi connectivity index (χ2v) is 6.22. The predicted octanol–water partition coefficient (Wildman–Crippen LogP) is 2.42. The van der Waals surface area contributed by atoms with Crippen LogP contribution in [-0.2, 0) is 4.79 Å². The van der Waals surface area contributed by atoms with Crippen LogP contribution in [0.25, 0.3) is 11.3 Å². The summed E-state index contributed by atoms with van der Waals surface area (Å²) in [5.41, 5.74) is 8.44. The molecule has 1 aliphatic rings. The lowest BCUT2D eigenvalue weighted by molar-refractivity contribution is -0.119. The predicted molar refractivity (Wildman–Crippen MR) is 93.8 cm³/mol. The first-order valence-electron chi connectivity index (χ1n) is 8.28. The summed E-state index contributed by atoms with van der Waals surface area (Å²) in [6.07, 6.45) is 2.15. The number of methoxy groups -OCH3 is 1. The lowest BCUT2D eigenvalue weighted by Crippen LogP contribution is -2.40. The van der Waals surface area contributed by atoms with E-state index in [-0.39, 0.29) is 5.91 Å². The second kappa shape index (κ2) is 7.45. The first-order valence-corrected chi connectivity index (χ1v) is 8.28. The normalized spacial score (nSPS) is 18.3. The Bertz CT molecular complexity index is 700. The molecule has 0 unspecified atom stereocenters. The van der Waals surface area contributed by atoms with Gasteiger partial charge in [-0.2, -0.15) is 0 Å². The molecule has 1 aliphatic heterocycles. The highest BCUT2D eigenvalue weighted by Gasteiger charge is 2.23. The van der Waals surface area contributed by atoms with Gasteiger partial charge in [0.15, 0.2) is 0 Å². The molecule has 1 aromatic carbocycles. The summed E-state index contributed by atoms with van der Waals surface area (Å²) in [6.45, 7) is 2.09. The molecule has 1 fully saturated rings. The van der Waals surface area contributed by atoms with Crippen molar-refractivity contribution in [1.82, 2.24) is 9.88 Å². The highest BCUT2D eigenvalue weighted by molar-refractivity contribution is 5.75. The Morgan fingerprint density at radius 2 is 2.08 bits per heavy atom. The Kier molecular flexibility index (Phi) is 5.11. The van der Waals surface area contributed by atoms with Crippen molar-refractivity contribution in [1.29, 1.82) is 0 Å². The summed E-state index contributed by atoms with van der Waals surface area (Å²) >= 11 is 0. The molecule has 0 aliphatic carbocycles. The molecule has 1 saturated heterocycles. The summed E-state index contributed by atoms with van der Waals surface area (Å²) < 4.78 is 5.20. The summed E-state index contributed by atoms with van der Waals surface area (Å²) in [4.78, 5) is 18.1. The van der Waals surface area contributed by atoms with Gasteiger partial charge in [0.2, 0.25) is 5.91 Å². The molecule has 1 amide bonds. The second-order valence-electron chi connectivity index (χ2n) is 6.22. The highest BCUT2D eigenvalue weighted by atomic mass is 16.5. The molecular formula is C19H23N3O2. The maximum atomic E-state index is 11.2. The third kappa shape index (κ3) is 3.92. The molecule has 0 spiro atoms. The van der Waals surface area contributed by atoms with E-state index < -0.39 is 0 Å². The molecule has 24 heavy (non-hydrogen) atoms. The minimum Gasteiger partial charge on any atom is -0.497 e. The number of nitrogens with zero attached hydrogens (tertiary/aromatic N) is 2. The Balaban J connectivity index is 1.78. The summed E-state index contributed by atoms with van der Waals surface area (Å²) in [7, 11) is 1.66. The van der Waals surface area contributed by atoms with Crippen molar-refractivity contribution in [2.24, 2.45) is 5.73 Å². The number of hydrogen-bond donors (Lipinski definition) is 1. The van der Waals surface area contributed by atoms with Crippen LogP contribution in [0, 0.1) is 0 Å². The van der Waals surface area contributed by atoms with Crippen molar-refractivity contribution in [3.05, 3.63) is 48.2 Å². The number of carbonyl (C=O) groups is 1. The molecule has 0 saturated carbocycles. The number of rotatable bonds is 5. The number of pyridine rings is 1. The number of benzene rings is 1. The van der Waals surface area contributed by atoms with Crippen LogP contribution in [0.2, 0.25) is 0 Å². The Morgan fingerprint density at radius 1 is 1.29 bits per heavy atom. The Labute approximate surface area is 142 Å². The largest absolute Gasteiger partial charge is 0.497 e. The highest BCUT2D eigenvalue weighted by Crippen LogP contribution is 2.28. The summed E-state index contributed by atoms with van der Waals surface area (Å²) in [6, 6.07) is 14.1. The minimum absolute atomic E-state index is 0.268. The Morgan fingerprint density at radius 3 is 2.79 bits per heavy atom. The van der Waals surface area contributed by atoms with E-state index in [9.17, 15) is 4.79 Å². The molecule has 2 N–H and O–H groups in total. The van der Waals surface area contributed by atoms with E-state index in [2.05, 4.69) is 17.0 Å². The molecule has 5 nitrogen and oxygen atoms in total. The standard InChI is InChI=1S/C19H23N3O2/c1-24-16-9-7-14(8-10-16)17-5-2-6-18(21-17)15-4-3-11-22(12-15)13-19(20)23/h2,5-10,15H,3-4,11-13H2,1H3,(H2,20,23)/t15-/m0/s1. The third-order valence-electron chi connectivity index (χ3n) is 4.46. The van der Waals surface area contributed by atoms with E-state index in [0.29, 0.717) is 12.5 Å². The molecule has 0 radical (unpaired) electrons. The lowest BCUT2D eigenvalue weighted by atomic mass is 9.94. The van der Waals surface area contributed by atoms with Crippen LogP contribution in [0.1, 0.15) is 24.5 Å². The number of carbonyl (C=O) groups excluding carboxylic acids is 1. The van der Waals surface area contributed by atoms with Crippen LogP contribution >= 0.6 is 0 Å². The van der Waals surface area contributed by atoms with Crippen molar-refractivity contribution in [2.75, 3.05) is 26.7 Å². The third-order valence-corrected chi connectivity index (χ3v) is 4.46. The monoisotopic (exact) mass is 325 g/mol. The maximum absolute atomic E-state index is 11.2. The fourth-order valence-electron chi connectivity index (χ4n) is 3.26. The van der Waals surface area contributed by atoms with Crippen molar-refractivity contribution in [3.63, 3.8) is 0 Å². The zero-order valence-corrected chi connectivity index (χ0v) is 13.9. The fraction of sp³-hybridized carbons (Fsp3) is 0.368. The first-order chi connectivity index (χ1) is 11.7. The van der Waals surface area contributed by atoms with Gasteiger partial charge in [0.05, 0.1) is 19.3 Å². The van der Waals surface area contributed by atoms with E-state index in [1.54, 1.807) is 7.11 Å². The van der Waals surface area contributed by atoms with Gasteiger partial charge in [0.1, 0.15) is 5.75 Å². The van der Waals surface area contributed by atoms with Crippen LogP contribution in [0.4, 0.5) is 0 Å². The topological polar surface area (TPSA) is 68.5 Å². The van der Waals surface area contributed by atoms with Crippen molar-refractivity contribution in [3.8, 4) is 17.0 Å². The maximum Gasteiger partial charge on any atom is 0.231 e. The van der Waals surface area contributed by atoms with E-state index in [0.717, 1.165) is 48.6 Å². The van der Waals surface area contributed by atoms with Gasteiger partial charge in [-0.15, -0.1) is 0 Å². The van der Waals surface area contributed by atoms with Gasteiger partial charge in [-0.05, 0) is 55.8 Å². The van der Waals surface area contributed by atoms with Crippen molar-refractivity contribution in [2.45, 2.75) is 18.8 Å². The van der Waals surface area contributed by atoms with Crippen LogP contribution in [-0.4, -0.2) is 42.5 Å². The number of aromatic nitrogens is 1. The number of nitrogens with two attached hydrogens (primary N) is 1. The number of hydrogen-bond acceptors (Lipinski definition) is 4. The van der Waals surface area contributed by atoms with Gasteiger partial charge in [0.25, 0.3) is 0 Å². The number of amides is 1. The first kappa shape index (κ1) is 16.5. The molecule has 5 heteroatoms. The molecule has 2 heterocycles. The van der Waals surface area contributed by atoms with Crippen molar-refractivity contribution < 1.29 is 9.53 Å².